The minimum atomic E-state index is -3.36. The molecule has 0 amide bonds. The van der Waals surface area contributed by atoms with Crippen LogP contribution >= 0.6 is 0 Å². The normalized spacial score (nSPS) is 20.1. The first-order valence-electron chi connectivity index (χ1n) is 5.83. The maximum Gasteiger partial charge on any atom is 0.281 e. The lowest BCUT2D eigenvalue weighted by Gasteiger charge is -2.34. The molecule has 0 spiro atoms. The molecule has 0 aromatic rings. The van der Waals surface area contributed by atoms with E-state index in [-0.39, 0.29) is 17.8 Å². The van der Waals surface area contributed by atoms with Crippen molar-refractivity contribution in [2.75, 3.05) is 20.1 Å². The van der Waals surface area contributed by atoms with Crippen molar-refractivity contribution in [1.82, 2.24) is 8.61 Å². The van der Waals surface area contributed by atoms with Gasteiger partial charge >= 0.3 is 0 Å². The van der Waals surface area contributed by atoms with Crippen LogP contribution < -0.4 is 5.73 Å². The summed E-state index contributed by atoms with van der Waals surface area (Å²) in [6.45, 7) is 4.59. The van der Waals surface area contributed by atoms with E-state index in [2.05, 4.69) is 0 Å². The minimum absolute atomic E-state index is 0.0332. The molecule has 1 aliphatic rings. The van der Waals surface area contributed by atoms with Crippen molar-refractivity contribution in [3.05, 3.63) is 0 Å². The molecule has 0 aromatic carbocycles. The molecule has 3 N–H and O–H groups in total. The predicted octanol–water partition coefficient (Wildman–Crippen LogP) is 0.219. The summed E-state index contributed by atoms with van der Waals surface area (Å²) in [5.41, 5.74) is 5.43. The smallest absolute Gasteiger partial charge is 0.281 e. The summed E-state index contributed by atoms with van der Waals surface area (Å²) in [6.07, 6.45) is 1.28. The highest BCUT2D eigenvalue weighted by atomic mass is 32.2. The van der Waals surface area contributed by atoms with Gasteiger partial charge in [-0.3, -0.25) is 5.41 Å². The summed E-state index contributed by atoms with van der Waals surface area (Å²) in [6, 6.07) is -0.0504. The zero-order valence-electron chi connectivity index (χ0n) is 10.7. The Morgan fingerprint density at radius 3 is 2.24 bits per heavy atom. The van der Waals surface area contributed by atoms with E-state index in [4.69, 9.17) is 11.1 Å². The van der Waals surface area contributed by atoms with Crippen molar-refractivity contribution in [3.8, 4) is 0 Å². The van der Waals surface area contributed by atoms with Gasteiger partial charge in [-0.1, -0.05) is 0 Å². The van der Waals surface area contributed by atoms with Gasteiger partial charge in [0.25, 0.3) is 10.2 Å². The second-order valence-electron chi connectivity index (χ2n) is 4.75. The Morgan fingerprint density at radius 2 is 1.88 bits per heavy atom. The summed E-state index contributed by atoms with van der Waals surface area (Å²) in [7, 11) is -1.76. The molecule has 0 aliphatic carbocycles. The van der Waals surface area contributed by atoms with Crippen LogP contribution in [0.15, 0.2) is 0 Å². The van der Waals surface area contributed by atoms with E-state index < -0.39 is 10.2 Å². The molecule has 100 valence electrons. The largest absolute Gasteiger partial charge is 0.387 e. The molecule has 0 atom stereocenters. The molecule has 6 nitrogen and oxygen atoms in total. The molecular formula is C10H22N4O2S. The van der Waals surface area contributed by atoms with Crippen molar-refractivity contribution in [2.45, 2.75) is 32.7 Å². The van der Waals surface area contributed by atoms with Crippen LogP contribution in [0.5, 0.6) is 0 Å². The molecule has 1 heterocycles. The Bertz CT molecular complexity index is 372. The zero-order chi connectivity index (χ0) is 13.2. The van der Waals surface area contributed by atoms with Gasteiger partial charge in [-0.15, -0.1) is 0 Å². The standard InChI is InChI=1S/C10H22N4O2S/c1-8(2)13(3)17(15,16)14-6-4-9(5-7-14)10(11)12/h8-9H,4-7H2,1-3H3,(H3,11,12). The van der Waals surface area contributed by atoms with Gasteiger partial charge in [-0.25, -0.2) is 0 Å². The third-order valence-electron chi connectivity index (χ3n) is 3.31. The van der Waals surface area contributed by atoms with Gasteiger partial charge in [0.2, 0.25) is 0 Å². The van der Waals surface area contributed by atoms with E-state index in [1.54, 1.807) is 7.05 Å². The second-order valence-corrected chi connectivity index (χ2v) is 6.73. The van der Waals surface area contributed by atoms with E-state index >= 15 is 0 Å². The number of rotatable bonds is 4. The third kappa shape index (κ3) is 3.17. The quantitative estimate of drug-likeness (QED) is 0.561. The van der Waals surface area contributed by atoms with Crippen molar-refractivity contribution in [3.63, 3.8) is 0 Å². The maximum atomic E-state index is 12.2. The van der Waals surface area contributed by atoms with E-state index in [0.29, 0.717) is 25.9 Å². The molecule has 0 saturated carbocycles. The molecule has 1 rings (SSSR count). The van der Waals surface area contributed by atoms with Gasteiger partial charge < -0.3 is 5.73 Å². The Labute approximate surface area is 103 Å². The number of hydrogen-bond donors (Lipinski definition) is 2. The summed E-state index contributed by atoms with van der Waals surface area (Å²) in [4.78, 5) is 0. The first-order valence-corrected chi connectivity index (χ1v) is 7.23. The van der Waals surface area contributed by atoms with E-state index in [9.17, 15) is 8.42 Å². The van der Waals surface area contributed by atoms with Crippen LogP contribution in [0.2, 0.25) is 0 Å². The minimum Gasteiger partial charge on any atom is -0.387 e. The SMILES string of the molecule is CC(C)N(C)S(=O)(=O)N1CCC(C(=N)N)CC1. The highest BCUT2D eigenvalue weighted by molar-refractivity contribution is 7.86. The van der Waals surface area contributed by atoms with E-state index in [1.165, 1.54) is 8.61 Å². The summed E-state index contributed by atoms with van der Waals surface area (Å²) in [5.74, 6) is 0.199. The van der Waals surface area contributed by atoms with Crippen LogP contribution in [0.1, 0.15) is 26.7 Å². The van der Waals surface area contributed by atoms with Crippen LogP contribution in [0.4, 0.5) is 0 Å². The number of hydrogen-bond acceptors (Lipinski definition) is 3. The molecule has 17 heavy (non-hydrogen) atoms. The third-order valence-corrected chi connectivity index (χ3v) is 5.48. The number of amidine groups is 1. The van der Waals surface area contributed by atoms with Gasteiger partial charge in [0, 0.05) is 32.1 Å². The van der Waals surface area contributed by atoms with Gasteiger partial charge in [0.1, 0.15) is 0 Å². The van der Waals surface area contributed by atoms with Gasteiger partial charge in [-0.2, -0.15) is 17.0 Å². The fraction of sp³-hybridized carbons (Fsp3) is 0.900. The fourth-order valence-electron chi connectivity index (χ4n) is 1.85. The van der Waals surface area contributed by atoms with Gasteiger partial charge in [-0.05, 0) is 26.7 Å². The summed E-state index contributed by atoms with van der Waals surface area (Å²) < 4.78 is 27.2. The number of nitrogens with one attached hydrogen (secondary N) is 1. The lowest BCUT2D eigenvalue weighted by molar-refractivity contribution is 0.282. The topological polar surface area (TPSA) is 90.5 Å². The Balaban J connectivity index is 2.68. The molecule has 1 saturated heterocycles. The Kier molecular flexibility index (Phi) is 4.51. The van der Waals surface area contributed by atoms with Crippen LogP contribution in [0.25, 0.3) is 0 Å². The first-order chi connectivity index (χ1) is 7.76. The average molecular weight is 262 g/mol. The zero-order valence-corrected chi connectivity index (χ0v) is 11.5. The van der Waals surface area contributed by atoms with Crippen molar-refractivity contribution >= 4 is 16.0 Å². The van der Waals surface area contributed by atoms with Crippen LogP contribution in [-0.2, 0) is 10.2 Å². The first kappa shape index (κ1) is 14.4. The van der Waals surface area contributed by atoms with Crippen molar-refractivity contribution < 1.29 is 8.42 Å². The van der Waals surface area contributed by atoms with Crippen molar-refractivity contribution in [1.29, 1.82) is 5.41 Å². The number of piperidine rings is 1. The average Bonchev–Trinajstić information content (AvgIpc) is 2.27. The molecule has 0 unspecified atom stereocenters. The van der Waals surface area contributed by atoms with E-state index in [0.717, 1.165) is 0 Å². The van der Waals surface area contributed by atoms with Crippen LogP contribution in [0, 0.1) is 11.3 Å². The summed E-state index contributed by atoms with van der Waals surface area (Å²) in [5, 5.41) is 7.36. The second kappa shape index (κ2) is 5.32. The van der Waals surface area contributed by atoms with Crippen LogP contribution in [0.3, 0.4) is 0 Å². The number of nitrogens with zero attached hydrogens (tertiary/aromatic N) is 2. The van der Waals surface area contributed by atoms with Gasteiger partial charge in [0.05, 0.1) is 5.84 Å². The fourth-order valence-corrected chi connectivity index (χ4v) is 3.42. The molecule has 1 fully saturated rings. The highest BCUT2D eigenvalue weighted by Crippen LogP contribution is 2.21. The van der Waals surface area contributed by atoms with E-state index in [1.807, 2.05) is 13.8 Å². The van der Waals surface area contributed by atoms with Crippen molar-refractivity contribution in [2.24, 2.45) is 11.7 Å². The maximum absolute atomic E-state index is 12.2. The highest BCUT2D eigenvalue weighted by Gasteiger charge is 2.32. The van der Waals surface area contributed by atoms with Gasteiger partial charge in [0.15, 0.2) is 0 Å². The predicted molar refractivity (Wildman–Crippen MR) is 68.0 cm³/mol. The Morgan fingerprint density at radius 1 is 1.41 bits per heavy atom. The molecule has 7 heteroatoms. The lowest BCUT2D eigenvalue weighted by Crippen LogP contribution is -2.48. The molecule has 0 radical (unpaired) electrons. The molecule has 0 bridgehead atoms. The molecular weight excluding hydrogens is 240 g/mol. The molecule has 0 aromatic heterocycles. The molecule has 1 aliphatic heterocycles. The summed E-state index contributed by atoms with van der Waals surface area (Å²) >= 11 is 0. The van der Waals surface area contributed by atoms with Crippen LogP contribution in [-0.4, -0.2) is 49.0 Å². The number of nitrogens with two attached hydrogens (primary N) is 1. The lowest BCUT2D eigenvalue weighted by atomic mass is 9.97. The monoisotopic (exact) mass is 262 g/mol. The Hall–Kier alpha value is -0.660.